The SMILES string of the molecule is Brc1ccc(-c2c[n+]3ccccc3n2CCCCCCn2c(-c3ccc(Br)cc3)c[n+]3ccccc23)cc1.[Br-].[Br-]. The van der Waals surface area contributed by atoms with E-state index < -0.39 is 0 Å². The van der Waals surface area contributed by atoms with Crippen LogP contribution in [0.5, 0.6) is 0 Å². The van der Waals surface area contributed by atoms with Crippen molar-refractivity contribution in [3.05, 3.63) is 119 Å². The molecule has 0 saturated heterocycles. The molecule has 0 radical (unpaired) electrons. The van der Waals surface area contributed by atoms with Crippen molar-refractivity contribution in [1.82, 2.24) is 9.13 Å². The van der Waals surface area contributed by atoms with Crippen molar-refractivity contribution in [2.24, 2.45) is 0 Å². The largest absolute Gasteiger partial charge is 1.00 e. The van der Waals surface area contributed by atoms with Crippen LogP contribution in [0.1, 0.15) is 25.7 Å². The summed E-state index contributed by atoms with van der Waals surface area (Å²) in [6.45, 7) is 2.02. The molecular formula is C32H30Br4N4. The molecule has 0 amide bonds. The Morgan fingerprint density at radius 1 is 0.500 bits per heavy atom. The fourth-order valence-electron chi connectivity index (χ4n) is 5.29. The summed E-state index contributed by atoms with van der Waals surface area (Å²) in [6, 6.07) is 30.1. The van der Waals surface area contributed by atoms with E-state index in [0.717, 1.165) is 34.9 Å². The van der Waals surface area contributed by atoms with Crippen LogP contribution in [0, 0.1) is 0 Å². The molecule has 4 heterocycles. The Labute approximate surface area is 273 Å². The summed E-state index contributed by atoms with van der Waals surface area (Å²) in [7, 11) is 0. The van der Waals surface area contributed by atoms with Gasteiger partial charge in [-0.3, -0.25) is 0 Å². The Bertz CT molecular complexity index is 1560. The smallest absolute Gasteiger partial charge is 0.286 e. The molecule has 0 atom stereocenters. The van der Waals surface area contributed by atoms with Gasteiger partial charge in [0.1, 0.15) is 12.4 Å². The first kappa shape index (κ1) is 30.7. The van der Waals surface area contributed by atoms with Gasteiger partial charge in [0.05, 0.1) is 25.5 Å². The molecule has 206 valence electrons. The van der Waals surface area contributed by atoms with Crippen molar-refractivity contribution >= 4 is 43.2 Å². The lowest BCUT2D eigenvalue weighted by Gasteiger charge is -2.05. The Hall–Kier alpha value is -2.26. The van der Waals surface area contributed by atoms with Crippen LogP contribution < -0.4 is 42.8 Å². The highest BCUT2D eigenvalue weighted by molar-refractivity contribution is 9.10. The first-order valence-electron chi connectivity index (χ1n) is 13.2. The molecule has 6 rings (SSSR count). The Balaban J connectivity index is 0.00000185. The van der Waals surface area contributed by atoms with Crippen molar-refractivity contribution < 1.29 is 42.8 Å². The summed E-state index contributed by atoms with van der Waals surface area (Å²) in [6.07, 6.45) is 13.5. The lowest BCUT2D eigenvalue weighted by atomic mass is 10.1. The summed E-state index contributed by atoms with van der Waals surface area (Å²) in [5.74, 6) is 0. The minimum Gasteiger partial charge on any atom is -1.00 e. The molecule has 0 saturated carbocycles. The Morgan fingerprint density at radius 3 is 1.30 bits per heavy atom. The summed E-state index contributed by atoms with van der Waals surface area (Å²) < 4.78 is 11.6. The van der Waals surface area contributed by atoms with E-state index in [0.29, 0.717) is 0 Å². The van der Waals surface area contributed by atoms with Crippen LogP contribution in [0.15, 0.2) is 119 Å². The molecule has 4 aromatic heterocycles. The van der Waals surface area contributed by atoms with E-state index in [1.54, 1.807) is 0 Å². The number of halogens is 4. The van der Waals surface area contributed by atoms with Gasteiger partial charge in [0, 0.05) is 32.2 Å². The third-order valence-corrected chi connectivity index (χ3v) is 8.24. The van der Waals surface area contributed by atoms with Crippen LogP contribution in [0.25, 0.3) is 33.8 Å². The fourth-order valence-corrected chi connectivity index (χ4v) is 5.81. The van der Waals surface area contributed by atoms with E-state index in [1.165, 1.54) is 46.7 Å². The zero-order chi connectivity index (χ0) is 25.9. The van der Waals surface area contributed by atoms with E-state index in [-0.39, 0.29) is 34.0 Å². The van der Waals surface area contributed by atoms with Gasteiger partial charge >= 0.3 is 0 Å². The second-order valence-corrected chi connectivity index (χ2v) is 11.5. The van der Waals surface area contributed by atoms with E-state index in [2.05, 4.69) is 160 Å². The first-order valence-corrected chi connectivity index (χ1v) is 14.8. The van der Waals surface area contributed by atoms with Crippen molar-refractivity contribution in [3.8, 4) is 22.5 Å². The number of fused-ring (bicyclic) bond motifs is 2. The maximum absolute atomic E-state index is 3.57. The maximum atomic E-state index is 3.57. The molecule has 0 fully saturated rings. The predicted octanol–water partition coefficient (Wildman–Crippen LogP) is 1.89. The Kier molecular flexibility index (Phi) is 10.8. The number of aromatic nitrogens is 4. The average molecular weight is 790 g/mol. The molecule has 40 heavy (non-hydrogen) atoms. The van der Waals surface area contributed by atoms with Gasteiger partial charge < -0.3 is 34.0 Å². The number of pyridine rings is 2. The highest BCUT2D eigenvalue weighted by Gasteiger charge is 2.20. The van der Waals surface area contributed by atoms with E-state index >= 15 is 0 Å². The predicted molar refractivity (Wildman–Crippen MR) is 160 cm³/mol. The van der Waals surface area contributed by atoms with E-state index in [4.69, 9.17) is 0 Å². The molecule has 4 nitrogen and oxygen atoms in total. The van der Waals surface area contributed by atoms with Gasteiger partial charge in [0.25, 0.3) is 11.3 Å². The topological polar surface area (TPSA) is 18.1 Å². The summed E-state index contributed by atoms with van der Waals surface area (Å²) in [5.41, 5.74) is 7.49. The van der Waals surface area contributed by atoms with Gasteiger partial charge in [-0.1, -0.05) is 44.0 Å². The number of hydrogen-bond donors (Lipinski definition) is 0. The number of nitrogens with zero attached hydrogens (tertiary/aromatic N) is 4. The molecule has 8 heteroatoms. The molecule has 2 aromatic carbocycles. The third kappa shape index (κ3) is 6.62. The lowest BCUT2D eigenvalue weighted by Crippen LogP contribution is -3.00. The summed E-state index contributed by atoms with van der Waals surface area (Å²) in [5, 5.41) is 0. The van der Waals surface area contributed by atoms with Gasteiger partial charge in [-0.05, 0) is 86.3 Å². The summed E-state index contributed by atoms with van der Waals surface area (Å²) in [4.78, 5) is 0. The quantitative estimate of drug-likeness (QED) is 0.158. The van der Waals surface area contributed by atoms with E-state index in [9.17, 15) is 0 Å². The molecule has 0 spiro atoms. The summed E-state index contributed by atoms with van der Waals surface area (Å²) >= 11 is 7.14. The third-order valence-electron chi connectivity index (χ3n) is 7.19. The Morgan fingerprint density at radius 2 is 0.900 bits per heavy atom. The second-order valence-electron chi connectivity index (χ2n) is 9.69. The number of imidazole rings is 2. The van der Waals surface area contributed by atoms with Crippen LogP contribution in [-0.4, -0.2) is 9.13 Å². The number of benzene rings is 2. The van der Waals surface area contributed by atoms with Gasteiger partial charge in [-0.15, -0.1) is 0 Å². The van der Waals surface area contributed by atoms with Crippen molar-refractivity contribution in [1.29, 1.82) is 0 Å². The zero-order valence-corrected chi connectivity index (χ0v) is 28.3. The second kappa shape index (κ2) is 14.1. The maximum Gasteiger partial charge on any atom is 0.286 e. The number of hydrogen-bond acceptors (Lipinski definition) is 0. The number of unbranched alkanes of at least 4 members (excludes halogenated alkanes) is 3. The van der Waals surface area contributed by atoms with Gasteiger partial charge in [0.15, 0.2) is 11.4 Å². The zero-order valence-electron chi connectivity index (χ0n) is 21.9. The van der Waals surface area contributed by atoms with Crippen LogP contribution in [0.3, 0.4) is 0 Å². The monoisotopic (exact) mass is 786 g/mol. The molecular weight excluding hydrogens is 760 g/mol. The minimum atomic E-state index is 0. The molecule has 0 unspecified atom stereocenters. The standard InChI is InChI=1S/C32H30Br2N4.2BrH/c33-27-15-11-25(12-16-27)29-23-35-19-7-3-9-31(35)37(29)21-5-1-2-6-22-38-30(26-13-17-28(34)18-14-26)24-36-20-8-4-10-32(36)38;;/h3-4,7-20,23-24H,1-2,5-6,21-22H2;2*1H/q+2;;/p-2. The van der Waals surface area contributed by atoms with Gasteiger partial charge in [-0.25, -0.2) is 17.9 Å². The molecule has 0 aliphatic heterocycles. The van der Waals surface area contributed by atoms with Crippen LogP contribution >= 0.6 is 31.9 Å². The molecule has 0 bridgehead atoms. The van der Waals surface area contributed by atoms with Crippen molar-refractivity contribution in [2.45, 2.75) is 38.8 Å². The molecule has 0 aliphatic carbocycles. The minimum absolute atomic E-state index is 0. The normalized spacial score (nSPS) is 10.9. The van der Waals surface area contributed by atoms with Crippen LogP contribution in [-0.2, 0) is 13.1 Å². The van der Waals surface area contributed by atoms with Crippen molar-refractivity contribution in [2.75, 3.05) is 0 Å². The van der Waals surface area contributed by atoms with Crippen LogP contribution in [0.2, 0.25) is 0 Å². The lowest BCUT2D eigenvalue weighted by molar-refractivity contribution is -0.510. The number of aryl methyl sites for hydroxylation is 2. The van der Waals surface area contributed by atoms with Gasteiger partial charge in [0.2, 0.25) is 0 Å². The van der Waals surface area contributed by atoms with Gasteiger partial charge in [-0.2, -0.15) is 0 Å². The highest BCUT2D eigenvalue weighted by Crippen LogP contribution is 2.25. The molecule has 6 aromatic rings. The van der Waals surface area contributed by atoms with Crippen LogP contribution in [0.4, 0.5) is 0 Å². The highest BCUT2D eigenvalue weighted by atomic mass is 79.9. The van der Waals surface area contributed by atoms with E-state index in [1.807, 2.05) is 0 Å². The molecule has 0 aliphatic rings. The van der Waals surface area contributed by atoms with Crippen molar-refractivity contribution in [3.63, 3.8) is 0 Å². The number of rotatable bonds is 9. The first-order chi connectivity index (χ1) is 18.7. The molecule has 0 N–H and O–H groups in total. The fraction of sp³-hybridized carbons (Fsp3) is 0.188. The average Bonchev–Trinajstić information content (AvgIpc) is 3.50.